The van der Waals surface area contributed by atoms with Crippen LogP contribution in [0.15, 0.2) is 60.9 Å². The molecule has 0 saturated carbocycles. The van der Waals surface area contributed by atoms with E-state index in [-0.39, 0.29) is 0 Å². The van der Waals surface area contributed by atoms with Gasteiger partial charge in [-0.15, -0.1) is 0 Å². The van der Waals surface area contributed by atoms with E-state index in [4.69, 9.17) is 16.3 Å². The smallest absolute Gasteiger partial charge is 0.313 e. The average Bonchev–Trinajstić information content (AvgIpc) is 3.20. The van der Waals surface area contributed by atoms with Crippen LogP contribution in [0.5, 0.6) is 5.75 Å². The van der Waals surface area contributed by atoms with E-state index >= 15 is 0 Å². The Morgan fingerprint density at radius 1 is 1.14 bits per heavy atom. The van der Waals surface area contributed by atoms with Crippen LogP contribution >= 0.6 is 11.6 Å². The van der Waals surface area contributed by atoms with Crippen LogP contribution < -0.4 is 15.4 Å². The van der Waals surface area contributed by atoms with Crippen molar-refractivity contribution >= 4 is 29.1 Å². The number of aryl methyl sites for hydroxylation is 1. The average molecular weight is 413 g/mol. The van der Waals surface area contributed by atoms with Crippen molar-refractivity contribution in [1.29, 1.82) is 0 Å². The summed E-state index contributed by atoms with van der Waals surface area (Å²) >= 11 is 6.02. The van der Waals surface area contributed by atoms with Gasteiger partial charge in [-0.3, -0.25) is 9.59 Å². The number of nitrogens with one attached hydrogen (secondary N) is 2. The Labute approximate surface area is 173 Å². The van der Waals surface area contributed by atoms with Gasteiger partial charge in [0.2, 0.25) is 0 Å². The normalized spacial score (nSPS) is 10.4. The molecule has 29 heavy (non-hydrogen) atoms. The van der Waals surface area contributed by atoms with Crippen LogP contribution in [0.1, 0.15) is 6.42 Å². The number of benzene rings is 2. The first-order chi connectivity index (χ1) is 14.1. The number of hydrogen-bond donors (Lipinski definition) is 2. The quantitative estimate of drug-likeness (QED) is 0.460. The van der Waals surface area contributed by atoms with Gasteiger partial charge in [-0.25, -0.2) is 4.98 Å². The van der Waals surface area contributed by atoms with Crippen molar-refractivity contribution in [3.05, 3.63) is 65.9 Å². The van der Waals surface area contributed by atoms with E-state index in [0.29, 0.717) is 36.0 Å². The van der Waals surface area contributed by atoms with Crippen molar-refractivity contribution in [1.82, 2.24) is 14.9 Å². The number of rotatable bonds is 7. The van der Waals surface area contributed by atoms with Crippen molar-refractivity contribution in [2.24, 2.45) is 0 Å². The van der Waals surface area contributed by atoms with Crippen molar-refractivity contribution in [2.75, 3.05) is 19.0 Å². The predicted molar refractivity (Wildman–Crippen MR) is 112 cm³/mol. The topological polar surface area (TPSA) is 85.2 Å². The molecule has 3 aromatic rings. The molecule has 150 valence electrons. The number of carbonyl (C=O) groups is 2. The third-order valence-electron chi connectivity index (χ3n) is 4.22. The molecular weight excluding hydrogens is 392 g/mol. The summed E-state index contributed by atoms with van der Waals surface area (Å²) in [4.78, 5) is 28.4. The number of halogens is 1. The Morgan fingerprint density at radius 3 is 2.66 bits per heavy atom. The first-order valence-electron chi connectivity index (χ1n) is 9.08. The lowest BCUT2D eigenvalue weighted by Gasteiger charge is -2.10. The fourth-order valence-electron chi connectivity index (χ4n) is 2.80. The van der Waals surface area contributed by atoms with Gasteiger partial charge in [-0.2, -0.15) is 0 Å². The Kier molecular flexibility index (Phi) is 6.86. The zero-order chi connectivity index (χ0) is 20.6. The lowest BCUT2D eigenvalue weighted by Crippen LogP contribution is -2.36. The number of amides is 2. The third-order valence-corrected chi connectivity index (χ3v) is 4.52. The summed E-state index contributed by atoms with van der Waals surface area (Å²) in [5, 5.41) is 5.48. The second kappa shape index (κ2) is 9.75. The van der Waals surface area contributed by atoms with Gasteiger partial charge >= 0.3 is 11.8 Å². The molecule has 2 N–H and O–H groups in total. The number of imidazole rings is 1. The number of ether oxygens (including phenoxy) is 1. The Morgan fingerprint density at radius 2 is 1.93 bits per heavy atom. The fraction of sp³-hybridized carbons (Fsp3) is 0.190. The van der Waals surface area contributed by atoms with E-state index in [2.05, 4.69) is 15.6 Å². The van der Waals surface area contributed by atoms with Gasteiger partial charge in [-0.1, -0.05) is 41.9 Å². The molecule has 0 aliphatic rings. The molecule has 0 fully saturated rings. The molecule has 1 heterocycles. The lowest BCUT2D eigenvalue weighted by molar-refractivity contribution is -0.136. The molecule has 7 nitrogen and oxygen atoms in total. The molecule has 3 rings (SSSR count). The van der Waals surface area contributed by atoms with Gasteiger partial charge in [0, 0.05) is 36.7 Å². The fourth-order valence-corrected chi connectivity index (χ4v) is 3.06. The molecule has 1 aromatic heterocycles. The van der Waals surface area contributed by atoms with Gasteiger partial charge in [0.1, 0.15) is 11.6 Å². The molecule has 2 aromatic carbocycles. The summed E-state index contributed by atoms with van der Waals surface area (Å²) in [5.41, 5.74) is 1.45. The van der Waals surface area contributed by atoms with Crippen LogP contribution in [-0.2, 0) is 16.1 Å². The second-order valence-electron chi connectivity index (χ2n) is 6.22. The number of hydrogen-bond acceptors (Lipinski definition) is 4. The highest BCUT2D eigenvalue weighted by Crippen LogP contribution is 2.27. The SMILES string of the molecule is COc1ccc(NC(=O)C(=O)NCCCn2ccnc2-c2ccccc2)cc1Cl. The highest BCUT2D eigenvalue weighted by Gasteiger charge is 2.14. The molecule has 0 unspecified atom stereocenters. The van der Waals surface area contributed by atoms with E-state index in [1.54, 1.807) is 18.3 Å². The van der Waals surface area contributed by atoms with Crippen LogP contribution in [0, 0.1) is 0 Å². The van der Waals surface area contributed by atoms with E-state index in [0.717, 1.165) is 11.4 Å². The largest absolute Gasteiger partial charge is 0.495 e. The molecule has 0 bridgehead atoms. The number of aromatic nitrogens is 2. The zero-order valence-corrected chi connectivity index (χ0v) is 16.6. The summed E-state index contributed by atoms with van der Waals surface area (Å²) in [6.45, 7) is 1.03. The van der Waals surface area contributed by atoms with E-state index in [9.17, 15) is 9.59 Å². The van der Waals surface area contributed by atoms with Gasteiger partial charge in [0.15, 0.2) is 0 Å². The van der Waals surface area contributed by atoms with Crippen LogP contribution in [0.25, 0.3) is 11.4 Å². The maximum Gasteiger partial charge on any atom is 0.313 e. The third kappa shape index (κ3) is 5.36. The van der Waals surface area contributed by atoms with Crippen molar-refractivity contribution in [3.8, 4) is 17.1 Å². The molecule has 0 spiro atoms. The van der Waals surface area contributed by atoms with Crippen LogP contribution in [0.4, 0.5) is 5.69 Å². The minimum absolute atomic E-state index is 0.347. The minimum Gasteiger partial charge on any atom is -0.495 e. The Balaban J connectivity index is 1.46. The number of anilines is 1. The molecule has 0 atom stereocenters. The summed E-state index contributed by atoms with van der Waals surface area (Å²) in [6.07, 6.45) is 4.29. The molecule has 0 aliphatic heterocycles. The summed E-state index contributed by atoms with van der Waals surface area (Å²) in [7, 11) is 1.50. The van der Waals surface area contributed by atoms with Crippen molar-refractivity contribution < 1.29 is 14.3 Å². The number of methoxy groups -OCH3 is 1. The van der Waals surface area contributed by atoms with Gasteiger partial charge < -0.3 is 19.9 Å². The van der Waals surface area contributed by atoms with E-state index < -0.39 is 11.8 Å². The van der Waals surface area contributed by atoms with Crippen LogP contribution in [0.2, 0.25) is 5.02 Å². The van der Waals surface area contributed by atoms with Gasteiger partial charge in [-0.05, 0) is 24.6 Å². The molecule has 0 saturated heterocycles. The van der Waals surface area contributed by atoms with Crippen LogP contribution in [0.3, 0.4) is 0 Å². The standard InChI is InChI=1S/C21H21ClN4O3/c1-29-18-9-8-16(14-17(18)22)25-21(28)20(27)24-10-5-12-26-13-11-23-19(26)15-6-3-2-4-7-15/h2-4,6-9,11,13-14H,5,10,12H2,1H3,(H,24,27)(H,25,28). The van der Waals surface area contributed by atoms with Crippen LogP contribution in [-0.4, -0.2) is 35.0 Å². The highest BCUT2D eigenvalue weighted by molar-refractivity contribution is 6.40. The lowest BCUT2D eigenvalue weighted by atomic mass is 10.2. The van der Waals surface area contributed by atoms with Gasteiger partial charge in [0.25, 0.3) is 0 Å². The van der Waals surface area contributed by atoms with E-state index in [1.165, 1.54) is 13.2 Å². The number of nitrogens with zero attached hydrogens (tertiary/aromatic N) is 2. The molecule has 2 amide bonds. The minimum atomic E-state index is -0.751. The van der Waals surface area contributed by atoms with Gasteiger partial charge in [0.05, 0.1) is 12.1 Å². The summed E-state index contributed by atoms with van der Waals surface area (Å²) in [5.74, 6) is -0.0979. The highest BCUT2D eigenvalue weighted by atomic mass is 35.5. The van der Waals surface area contributed by atoms with Crippen molar-refractivity contribution in [2.45, 2.75) is 13.0 Å². The molecule has 0 aliphatic carbocycles. The van der Waals surface area contributed by atoms with Crippen molar-refractivity contribution in [3.63, 3.8) is 0 Å². The van der Waals surface area contributed by atoms with E-state index in [1.807, 2.05) is 41.1 Å². The molecule has 0 radical (unpaired) electrons. The Bertz CT molecular complexity index is 989. The first-order valence-corrected chi connectivity index (χ1v) is 9.45. The maximum atomic E-state index is 12.0. The molecular formula is C21H21ClN4O3. The maximum absolute atomic E-state index is 12.0. The summed E-state index contributed by atoms with van der Waals surface area (Å²) < 4.78 is 7.07. The number of carbonyl (C=O) groups excluding carboxylic acids is 2. The Hall–Kier alpha value is -3.32. The summed E-state index contributed by atoms with van der Waals surface area (Å²) in [6, 6.07) is 14.6. The predicted octanol–water partition coefficient (Wildman–Crippen LogP) is 3.36. The first kappa shape index (κ1) is 20.4. The second-order valence-corrected chi connectivity index (χ2v) is 6.63. The monoisotopic (exact) mass is 412 g/mol. The zero-order valence-electron chi connectivity index (χ0n) is 15.9. The molecule has 8 heteroatoms.